The molecule has 5 heteroatoms. The molecule has 0 saturated carbocycles. The van der Waals surface area contributed by atoms with Gasteiger partial charge in [-0.25, -0.2) is 0 Å². The van der Waals surface area contributed by atoms with Gasteiger partial charge in [0.1, 0.15) is 0 Å². The smallest absolute Gasteiger partial charge is 0.243 e. The second-order valence-electron chi connectivity index (χ2n) is 5.36. The molecule has 20 heavy (non-hydrogen) atoms. The molecule has 0 aliphatic carbocycles. The fourth-order valence-electron chi connectivity index (χ4n) is 2.02. The maximum atomic E-state index is 12.0. The van der Waals surface area contributed by atoms with Gasteiger partial charge in [-0.3, -0.25) is 15.1 Å². The van der Waals surface area contributed by atoms with E-state index in [1.165, 1.54) is 16.7 Å². The molecule has 4 nitrogen and oxygen atoms in total. The van der Waals surface area contributed by atoms with Gasteiger partial charge in [-0.15, -0.1) is 0 Å². The molecule has 1 amide bonds. The summed E-state index contributed by atoms with van der Waals surface area (Å²) in [5.41, 5.74) is 2.82. The average Bonchev–Trinajstić information content (AvgIpc) is 2.70. The molecular formula is C15H20N2O2S. The molecule has 1 aliphatic rings. The van der Waals surface area contributed by atoms with Gasteiger partial charge in [-0.1, -0.05) is 37.7 Å². The Hall–Kier alpha value is -1.33. The third kappa shape index (κ3) is 3.41. The monoisotopic (exact) mass is 292 g/mol. The number of carbonyl (C=O) groups is 1. The highest BCUT2D eigenvalue weighted by Gasteiger charge is 2.29. The summed E-state index contributed by atoms with van der Waals surface area (Å²) in [6.07, 6.45) is 0. The van der Waals surface area contributed by atoms with E-state index >= 15 is 0 Å². The van der Waals surface area contributed by atoms with Crippen molar-refractivity contribution in [3.05, 3.63) is 29.3 Å². The molecule has 0 unspecified atom stereocenters. The maximum absolute atomic E-state index is 12.0. The fourth-order valence-corrected chi connectivity index (χ4v) is 2.74. The highest BCUT2D eigenvalue weighted by Crippen LogP contribution is 2.30. The van der Waals surface area contributed by atoms with Crippen LogP contribution in [0.4, 0.5) is 5.69 Å². The minimum absolute atomic E-state index is 0.0318. The van der Waals surface area contributed by atoms with Crippen LogP contribution in [0.2, 0.25) is 0 Å². The number of amides is 1. The van der Waals surface area contributed by atoms with Crippen LogP contribution >= 0.6 is 11.8 Å². The average molecular weight is 292 g/mol. The summed E-state index contributed by atoms with van der Waals surface area (Å²) in [7, 11) is 0. The van der Waals surface area contributed by atoms with Crippen LogP contribution in [0.25, 0.3) is 0 Å². The van der Waals surface area contributed by atoms with E-state index in [0.29, 0.717) is 30.1 Å². The number of carbonyl (C=O) groups excluding carboxylic acids is 1. The molecule has 2 rings (SSSR count). The van der Waals surface area contributed by atoms with Gasteiger partial charge in [-0.05, 0) is 24.5 Å². The number of hydrogen-bond donors (Lipinski definition) is 1. The van der Waals surface area contributed by atoms with Gasteiger partial charge in [0.2, 0.25) is 5.91 Å². The summed E-state index contributed by atoms with van der Waals surface area (Å²) in [6.45, 7) is 7.35. The first-order valence-corrected chi connectivity index (χ1v) is 7.69. The first-order chi connectivity index (χ1) is 9.49. The molecule has 0 bridgehead atoms. The predicted octanol–water partition coefficient (Wildman–Crippen LogP) is 3.18. The van der Waals surface area contributed by atoms with Crippen LogP contribution in [0.5, 0.6) is 0 Å². The molecule has 1 aliphatic heterocycles. The first kappa shape index (κ1) is 15.1. The van der Waals surface area contributed by atoms with Gasteiger partial charge in [-0.2, -0.15) is 0 Å². The van der Waals surface area contributed by atoms with Crippen molar-refractivity contribution in [2.45, 2.75) is 27.4 Å². The lowest BCUT2D eigenvalue weighted by Gasteiger charge is -2.20. The normalized spacial score (nSPS) is 15.5. The van der Waals surface area contributed by atoms with E-state index in [1.807, 2.05) is 25.1 Å². The van der Waals surface area contributed by atoms with Gasteiger partial charge in [0, 0.05) is 12.2 Å². The molecule has 1 saturated heterocycles. The van der Waals surface area contributed by atoms with Gasteiger partial charge >= 0.3 is 0 Å². The minimum atomic E-state index is -0.0318. The zero-order valence-corrected chi connectivity index (χ0v) is 12.9. The van der Waals surface area contributed by atoms with E-state index < -0.39 is 0 Å². The van der Waals surface area contributed by atoms with E-state index in [2.05, 4.69) is 13.8 Å². The van der Waals surface area contributed by atoms with Crippen molar-refractivity contribution >= 4 is 28.5 Å². The number of amidine groups is 1. The molecule has 108 valence electrons. The summed E-state index contributed by atoms with van der Waals surface area (Å²) >= 11 is 1.27. The lowest BCUT2D eigenvalue weighted by Crippen LogP contribution is -2.29. The Morgan fingerprint density at radius 2 is 2.20 bits per heavy atom. The third-order valence-electron chi connectivity index (χ3n) is 2.98. The quantitative estimate of drug-likeness (QED) is 0.907. The highest BCUT2D eigenvalue weighted by atomic mass is 32.2. The molecule has 1 aromatic rings. The number of rotatable bonds is 5. The van der Waals surface area contributed by atoms with Gasteiger partial charge in [0.05, 0.1) is 18.0 Å². The van der Waals surface area contributed by atoms with Crippen LogP contribution in [-0.4, -0.2) is 23.4 Å². The molecule has 0 aromatic heterocycles. The van der Waals surface area contributed by atoms with E-state index in [9.17, 15) is 4.79 Å². The standard InChI is InChI=1S/C15H20N2O2S/c1-10(2)7-19-8-12-5-4-11(3)6-13(12)17-14(18)9-20-15(17)16/h4-6,10,16H,7-9H2,1-3H3. The Kier molecular flexibility index (Phi) is 4.83. The molecule has 0 spiro atoms. The van der Waals surface area contributed by atoms with Crippen LogP contribution in [0.15, 0.2) is 18.2 Å². The van der Waals surface area contributed by atoms with Crippen molar-refractivity contribution < 1.29 is 9.53 Å². The van der Waals surface area contributed by atoms with Gasteiger partial charge in [0.15, 0.2) is 5.17 Å². The Morgan fingerprint density at radius 3 is 2.80 bits per heavy atom. The molecular weight excluding hydrogens is 272 g/mol. The number of nitrogens with zero attached hydrogens (tertiary/aromatic N) is 1. The zero-order valence-electron chi connectivity index (χ0n) is 12.1. The van der Waals surface area contributed by atoms with Crippen LogP contribution in [0.3, 0.4) is 0 Å². The molecule has 1 N–H and O–H groups in total. The number of nitrogens with one attached hydrogen (secondary N) is 1. The molecule has 1 fully saturated rings. The van der Waals surface area contributed by atoms with Crippen LogP contribution in [0.1, 0.15) is 25.0 Å². The van der Waals surface area contributed by atoms with E-state index in [0.717, 1.165) is 16.8 Å². The summed E-state index contributed by atoms with van der Waals surface area (Å²) in [5.74, 6) is 0.792. The largest absolute Gasteiger partial charge is 0.376 e. The number of thioether (sulfide) groups is 1. The number of ether oxygens (including phenoxy) is 1. The minimum Gasteiger partial charge on any atom is -0.376 e. The number of hydrogen-bond acceptors (Lipinski definition) is 4. The van der Waals surface area contributed by atoms with Crippen LogP contribution < -0.4 is 4.90 Å². The maximum Gasteiger partial charge on any atom is 0.243 e. The summed E-state index contributed by atoms with van der Waals surface area (Å²) < 4.78 is 5.68. The van der Waals surface area contributed by atoms with Crippen molar-refractivity contribution in [2.75, 3.05) is 17.3 Å². The summed E-state index contributed by atoms with van der Waals surface area (Å²) in [4.78, 5) is 13.4. The van der Waals surface area contributed by atoms with Crippen molar-refractivity contribution in [3.8, 4) is 0 Å². The molecule has 1 heterocycles. The number of anilines is 1. The molecule has 0 atom stereocenters. The van der Waals surface area contributed by atoms with Crippen LogP contribution in [-0.2, 0) is 16.1 Å². The Labute approximate surface area is 124 Å². The Bertz CT molecular complexity index is 513. The summed E-state index contributed by atoms with van der Waals surface area (Å²) in [5, 5.41) is 8.21. The Morgan fingerprint density at radius 1 is 1.45 bits per heavy atom. The van der Waals surface area contributed by atoms with E-state index in [-0.39, 0.29) is 5.91 Å². The Balaban J connectivity index is 2.24. The third-order valence-corrected chi connectivity index (χ3v) is 3.82. The predicted molar refractivity (Wildman–Crippen MR) is 83.3 cm³/mol. The second kappa shape index (κ2) is 6.41. The topological polar surface area (TPSA) is 53.4 Å². The number of aryl methyl sites for hydroxylation is 1. The molecule has 0 radical (unpaired) electrons. The first-order valence-electron chi connectivity index (χ1n) is 6.70. The van der Waals surface area contributed by atoms with Crippen LogP contribution in [0, 0.1) is 18.3 Å². The highest BCUT2D eigenvalue weighted by molar-refractivity contribution is 8.15. The SMILES string of the molecule is Cc1ccc(COCC(C)C)c(N2C(=N)SCC2=O)c1. The molecule has 1 aromatic carbocycles. The second-order valence-corrected chi connectivity index (χ2v) is 6.33. The van der Waals surface area contributed by atoms with Crippen molar-refractivity contribution in [2.24, 2.45) is 5.92 Å². The van der Waals surface area contributed by atoms with E-state index in [1.54, 1.807) is 0 Å². The fraction of sp³-hybridized carbons (Fsp3) is 0.467. The van der Waals surface area contributed by atoms with Gasteiger partial charge < -0.3 is 4.74 Å². The number of benzene rings is 1. The summed E-state index contributed by atoms with van der Waals surface area (Å²) in [6, 6.07) is 5.94. The van der Waals surface area contributed by atoms with Gasteiger partial charge in [0.25, 0.3) is 0 Å². The zero-order chi connectivity index (χ0) is 14.7. The lowest BCUT2D eigenvalue weighted by molar-refractivity contribution is -0.115. The lowest BCUT2D eigenvalue weighted by atomic mass is 10.1. The van der Waals surface area contributed by atoms with Crippen molar-refractivity contribution in [1.82, 2.24) is 0 Å². The van der Waals surface area contributed by atoms with Crippen molar-refractivity contribution in [1.29, 1.82) is 5.41 Å². The van der Waals surface area contributed by atoms with E-state index in [4.69, 9.17) is 10.1 Å². The van der Waals surface area contributed by atoms with Crippen molar-refractivity contribution in [3.63, 3.8) is 0 Å².